The Morgan fingerprint density at radius 2 is 0.909 bits per heavy atom. The van der Waals surface area contributed by atoms with E-state index in [2.05, 4.69) is 6.92 Å². The van der Waals surface area contributed by atoms with Crippen LogP contribution in [0, 0.1) is 0 Å². The van der Waals surface area contributed by atoms with Crippen LogP contribution in [-0.2, 0) is 9.05 Å². The molecule has 0 fully saturated rings. The lowest BCUT2D eigenvalue weighted by Gasteiger charge is -2.07. The number of benzene rings is 1. The van der Waals surface area contributed by atoms with Crippen LogP contribution in [0.2, 0.25) is 0 Å². The van der Waals surface area contributed by atoms with Gasteiger partial charge in [-0.25, -0.2) is 8.42 Å². The molecule has 5 heteroatoms. The molecule has 0 N–H and O–H groups in total. The lowest BCUT2D eigenvalue weighted by Crippen LogP contribution is -1.98. The van der Waals surface area contributed by atoms with E-state index < -0.39 is 9.05 Å². The zero-order valence-electron chi connectivity index (χ0n) is 21.2. The van der Waals surface area contributed by atoms with E-state index in [1.54, 1.807) is 12.1 Å². The predicted molar refractivity (Wildman–Crippen MR) is 143 cm³/mol. The monoisotopic (exact) mass is 500 g/mol. The highest BCUT2D eigenvalue weighted by atomic mass is 35.7. The van der Waals surface area contributed by atoms with Crippen molar-refractivity contribution in [2.75, 3.05) is 6.61 Å². The van der Waals surface area contributed by atoms with Crippen LogP contribution in [0.5, 0.6) is 5.75 Å². The third-order valence-electron chi connectivity index (χ3n) is 6.37. The Hall–Kier alpha value is -0.740. The van der Waals surface area contributed by atoms with Gasteiger partial charge in [-0.15, -0.1) is 0 Å². The van der Waals surface area contributed by atoms with E-state index in [0.29, 0.717) is 12.4 Å². The Bertz CT molecular complexity index is 658. The molecule has 0 saturated heterocycles. The maximum Gasteiger partial charge on any atom is 0.261 e. The van der Waals surface area contributed by atoms with Crippen LogP contribution in [-0.4, -0.2) is 15.0 Å². The molecular formula is C28H49ClO3S. The van der Waals surface area contributed by atoms with Crippen LogP contribution in [0.1, 0.15) is 135 Å². The lowest BCUT2D eigenvalue weighted by molar-refractivity contribution is 0.304. The normalized spacial score (nSPS) is 11.7. The average Bonchev–Trinajstić information content (AvgIpc) is 2.80. The van der Waals surface area contributed by atoms with E-state index in [1.807, 2.05) is 0 Å². The Labute approximate surface area is 209 Å². The van der Waals surface area contributed by atoms with Gasteiger partial charge in [0.2, 0.25) is 0 Å². The van der Waals surface area contributed by atoms with Crippen LogP contribution in [0.15, 0.2) is 29.2 Å². The van der Waals surface area contributed by atoms with Gasteiger partial charge in [0.1, 0.15) is 5.75 Å². The summed E-state index contributed by atoms with van der Waals surface area (Å²) in [6.07, 6.45) is 27.6. The number of ether oxygens (including phenoxy) is 1. The standard InChI is InChI=1S/C28H49ClO3S/c1-2-3-4-5-6-7-8-9-10-11-12-13-14-15-16-17-18-19-20-21-26-32-27-22-24-28(25-23-27)33(29,30)31/h22-25H,2-21,26H2,1H3. The second-order valence-electron chi connectivity index (χ2n) is 9.48. The fourth-order valence-electron chi connectivity index (χ4n) is 4.25. The lowest BCUT2D eigenvalue weighted by atomic mass is 10.0. The van der Waals surface area contributed by atoms with Gasteiger partial charge in [0.05, 0.1) is 11.5 Å². The van der Waals surface area contributed by atoms with Crippen LogP contribution >= 0.6 is 10.7 Å². The van der Waals surface area contributed by atoms with Crippen molar-refractivity contribution in [1.29, 1.82) is 0 Å². The molecule has 0 atom stereocenters. The van der Waals surface area contributed by atoms with Crippen LogP contribution in [0.3, 0.4) is 0 Å². The Balaban J connectivity index is 1.77. The second kappa shape index (κ2) is 20.6. The summed E-state index contributed by atoms with van der Waals surface area (Å²) in [7, 11) is 1.65. The molecule has 0 aliphatic carbocycles. The fraction of sp³-hybridized carbons (Fsp3) is 0.786. The third kappa shape index (κ3) is 18.3. The average molecular weight is 501 g/mol. The number of rotatable bonds is 23. The van der Waals surface area contributed by atoms with Crippen molar-refractivity contribution in [3.63, 3.8) is 0 Å². The van der Waals surface area contributed by atoms with Gasteiger partial charge in [-0.3, -0.25) is 0 Å². The van der Waals surface area contributed by atoms with Gasteiger partial charge in [0.15, 0.2) is 0 Å². The first-order chi connectivity index (χ1) is 16.0. The van der Waals surface area contributed by atoms with E-state index in [-0.39, 0.29) is 4.90 Å². The van der Waals surface area contributed by atoms with Gasteiger partial charge < -0.3 is 4.74 Å². The van der Waals surface area contributed by atoms with Crippen molar-refractivity contribution in [2.45, 2.75) is 140 Å². The van der Waals surface area contributed by atoms with E-state index in [1.165, 1.54) is 134 Å². The first kappa shape index (κ1) is 30.3. The minimum Gasteiger partial charge on any atom is -0.494 e. The Kier molecular flexibility index (Phi) is 18.9. The quantitative estimate of drug-likeness (QED) is 0.111. The molecule has 0 aliphatic rings. The van der Waals surface area contributed by atoms with E-state index >= 15 is 0 Å². The molecule has 3 nitrogen and oxygen atoms in total. The summed E-state index contributed by atoms with van der Waals surface area (Å²) >= 11 is 0. The van der Waals surface area contributed by atoms with Gasteiger partial charge in [-0.2, -0.15) is 0 Å². The highest BCUT2D eigenvalue weighted by molar-refractivity contribution is 8.13. The molecule has 1 aromatic carbocycles. The van der Waals surface area contributed by atoms with Crippen molar-refractivity contribution in [3.8, 4) is 5.75 Å². The summed E-state index contributed by atoms with van der Waals surface area (Å²) in [5, 5.41) is 0. The van der Waals surface area contributed by atoms with Crippen molar-refractivity contribution in [2.24, 2.45) is 0 Å². The molecule has 0 aliphatic heterocycles. The zero-order chi connectivity index (χ0) is 24.0. The molecule has 0 bridgehead atoms. The highest BCUT2D eigenvalue weighted by Crippen LogP contribution is 2.19. The molecular weight excluding hydrogens is 452 g/mol. The van der Waals surface area contributed by atoms with Gasteiger partial charge in [0, 0.05) is 10.7 Å². The summed E-state index contributed by atoms with van der Waals surface area (Å²) in [5.74, 6) is 0.692. The first-order valence-corrected chi connectivity index (χ1v) is 16.0. The van der Waals surface area contributed by atoms with Gasteiger partial charge in [-0.1, -0.05) is 129 Å². The molecule has 1 aromatic rings. The maximum absolute atomic E-state index is 11.2. The molecule has 0 radical (unpaired) electrons. The molecule has 0 aromatic heterocycles. The molecule has 0 amide bonds. The van der Waals surface area contributed by atoms with E-state index in [0.717, 1.165) is 6.42 Å². The summed E-state index contributed by atoms with van der Waals surface area (Å²) in [5.41, 5.74) is 0. The third-order valence-corrected chi connectivity index (χ3v) is 7.74. The number of unbranched alkanes of at least 4 members (excludes halogenated alkanes) is 19. The van der Waals surface area contributed by atoms with Crippen molar-refractivity contribution in [1.82, 2.24) is 0 Å². The van der Waals surface area contributed by atoms with Crippen LogP contribution < -0.4 is 4.74 Å². The van der Waals surface area contributed by atoms with Crippen LogP contribution in [0.4, 0.5) is 0 Å². The molecule has 0 heterocycles. The molecule has 0 saturated carbocycles. The van der Waals surface area contributed by atoms with Crippen LogP contribution in [0.25, 0.3) is 0 Å². The molecule has 33 heavy (non-hydrogen) atoms. The van der Waals surface area contributed by atoms with Gasteiger partial charge >= 0.3 is 0 Å². The predicted octanol–water partition coefficient (Wildman–Crippen LogP) is 9.81. The van der Waals surface area contributed by atoms with E-state index in [9.17, 15) is 8.42 Å². The molecule has 0 unspecified atom stereocenters. The largest absolute Gasteiger partial charge is 0.494 e. The molecule has 192 valence electrons. The maximum atomic E-state index is 11.2. The summed E-state index contributed by atoms with van der Waals surface area (Å²) in [6.45, 7) is 2.96. The first-order valence-electron chi connectivity index (χ1n) is 13.7. The summed E-state index contributed by atoms with van der Waals surface area (Å²) in [4.78, 5) is 0.107. The fourth-order valence-corrected chi connectivity index (χ4v) is 5.02. The summed E-state index contributed by atoms with van der Waals surface area (Å²) in [6, 6.07) is 6.28. The van der Waals surface area contributed by atoms with Gasteiger partial charge in [-0.05, 0) is 30.7 Å². The topological polar surface area (TPSA) is 43.4 Å². The molecule has 0 spiro atoms. The summed E-state index contributed by atoms with van der Waals surface area (Å²) < 4.78 is 28.1. The SMILES string of the molecule is CCCCCCCCCCCCCCCCCCCCCCOc1ccc(S(=O)(=O)Cl)cc1. The highest BCUT2D eigenvalue weighted by Gasteiger charge is 2.09. The number of hydrogen-bond donors (Lipinski definition) is 0. The minimum atomic E-state index is -3.66. The van der Waals surface area contributed by atoms with Crippen molar-refractivity contribution < 1.29 is 13.2 Å². The number of hydrogen-bond acceptors (Lipinski definition) is 3. The van der Waals surface area contributed by atoms with Gasteiger partial charge in [0.25, 0.3) is 9.05 Å². The minimum absolute atomic E-state index is 0.107. The Morgan fingerprint density at radius 3 is 1.24 bits per heavy atom. The Morgan fingerprint density at radius 1 is 0.576 bits per heavy atom. The van der Waals surface area contributed by atoms with E-state index in [4.69, 9.17) is 15.4 Å². The number of halogens is 1. The van der Waals surface area contributed by atoms with Crippen molar-refractivity contribution in [3.05, 3.63) is 24.3 Å². The molecule has 1 rings (SSSR count). The smallest absolute Gasteiger partial charge is 0.261 e. The zero-order valence-corrected chi connectivity index (χ0v) is 22.7. The van der Waals surface area contributed by atoms with Crippen molar-refractivity contribution >= 4 is 19.7 Å². The second-order valence-corrected chi connectivity index (χ2v) is 12.0.